The van der Waals surface area contributed by atoms with E-state index in [1.807, 2.05) is 0 Å². The van der Waals surface area contributed by atoms with E-state index in [0.717, 1.165) is 18.2 Å². The Balaban J connectivity index is 2.08. The van der Waals surface area contributed by atoms with Crippen molar-refractivity contribution in [3.63, 3.8) is 0 Å². The fourth-order valence-corrected chi connectivity index (χ4v) is 4.89. The van der Waals surface area contributed by atoms with E-state index in [9.17, 15) is 27.2 Å². The molecule has 0 fully saturated rings. The smallest absolute Gasteiger partial charge is 0.256 e. The van der Waals surface area contributed by atoms with E-state index in [2.05, 4.69) is 15.6 Å². The highest BCUT2D eigenvalue weighted by Crippen LogP contribution is 2.24. The van der Waals surface area contributed by atoms with Gasteiger partial charge in [0.2, 0.25) is 15.6 Å². The van der Waals surface area contributed by atoms with Gasteiger partial charge in [-0.2, -0.15) is 4.31 Å². The monoisotopic (exact) mass is 474 g/mol. The number of nitrogens with zero attached hydrogens (tertiary/aromatic N) is 1. The van der Waals surface area contributed by atoms with Gasteiger partial charge >= 0.3 is 0 Å². The van der Waals surface area contributed by atoms with Crippen molar-refractivity contribution in [2.75, 3.05) is 25.5 Å². The summed E-state index contributed by atoms with van der Waals surface area (Å²) < 4.78 is 41.0. The van der Waals surface area contributed by atoms with Crippen LogP contribution in [0.3, 0.4) is 0 Å². The summed E-state index contributed by atoms with van der Waals surface area (Å²) in [6, 6.07) is 8.63. The van der Waals surface area contributed by atoms with E-state index in [4.69, 9.17) is 0 Å². The zero-order chi connectivity index (χ0) is 24.3. The van der Waals surface area contributed by atoms with Crippen LogP contribution >= 0.6 is 0 Å². The molecular weight excluding hydrogens is 451 g/mol. The predicted molar refractivity (Wildman–Crippen MR) is 122 cm³/mol. The third-order valence-corrected chi connectivity index (χ3v) is 7.14. The van der Waals surface area contributed by atoms with Crippen molar-refractivity contribution in [1.29, 1.82) is 0 Å². The highest BCUT2D eigenvalue weighted by atomic mass is 32.2. The fraction of sp³-hybridized carbons (Fsp3) is 0.227. The highest BCUT2D eigenvalue weighted by molar-refractivity contribution is 7.89. The van der Waals surface area contributed by atoms with E-state index >= 15 is 0 Å². The number of H-pyrrole nitrogens is 1. The molecule has 0 radical (unpaired) electrons. The van der Waals surface area contributed by atoms with Crippen molar-refractivity contribution in [3.8, 4) is 0 Å². The lowest BCUT2D eigenvalue weighted by molar-refractivity contribution is 0.0957. The predicted octanol–water partition coefficient (Wildman–Crippen LogP) is 2.31. The number of anilines is 1. The van der Waals surface area contributed by atoms with Gasteiger partial charge < -0.3 is 15.6 Å². The van der Waals surface area contributed by atoms with Gasteiger partial charge in [0.25, 0.3) is 11.8 Å². The summed E-state index contributed by atoms with van der Waals surface area (Å²) in [5.74, 6) is -2.16. The SMILES string of the molecule is CCN(CC)S(=O)(=O)c1ccc2[nH]c(=O)cc(C(=O)Nc3ccc(F)c(C(=O)NC)c3)c2c1. The fourth-order valence-electron chi connectivity index (χ4n) is 3.40. The normalized spacial score (nSPS) is 11.5. The Hall–Kier alpha value is -3.57. The molecule has 0 spiro atoms. The molecule has 2 aromatic carbocycles. The number of hydrogen-bond donors (Lipinski definition) is 3. The number of amides is 2. The summed E-state index contributed by atoms with van der Waals surface area (Å²) in [5, 5.41) is 5.05. The molecule has 0 aliphatic heterocycles. The summed E-state index contributed by atoms with van der Waals surface area (Å²) in [6.45, 7) is 3.98. The van der Waals surface area contributed by atoms with Crippen molar-refractivity contribution < 1.29 is 22.4 Å². The van der Waals surface area contributed by atoms with Crippen LogP contribution in [-0.2, 0) is 10.0 Å². The molecule has 2 amide bonds. The van der Waals surface area contributed by atoms with Crippen LogP contribution in [0.1, 0.15) is 34.6 Å². The molecule has 3 N–H and O–H groups in total. The van der Waals surface area contributed by atoms with E-state index < -0.39 is 33.2 Å². The molecule has 9 nitrogen and oxygen atoms in total. The first-order chi connectivity index (χ1) is 15.6. The van der Waals surface area contributed by atoms with Crippen molar-refractivity contribution in [1.82, 2.24) is 14.6 Å². The third-order valence-electron chi connectivity index (χ3n) is 5.10. The maximum Gasteiger partial charge on any atom is 0.256 e. The average Bonchev–Trinajstić information content (AvgIpc) is 2.79. The zero-order valence-corrected chi connectivity index (χ0v) is 19.0. The second kappa shape index (κ2) is 9.51. The van der Waals surface area contributed by atoms with E-state index in [0.29, 0.717) is 0 Å². The van der Waals surface area contributed by atoms with Gasteiger partial charge in [-0.05, 0) is 36.4 Å². The zero-order valence-electron chi connectivity index (χ0n) is 18.2. The van der Waals surface area contributed by atoms with Gasteiger partial charge in [0.1, 0.15) is 5.82 Å². The lowest BCUT2D eigenvalue weighted by Crippen LogP contribution is -2.30. The number of pyridine rings is 1. The highest BCUT2D eigenvalue weighted by Gasteiger charge is 2.23. The van der Waals surface area contributed by atoms with Gasteiger partial charge in [-0.3, -0.25) is 14.4 Å². The van der Waals surface area contributed by atoms with Crippen LogP contribution in [0.15, 0.2) is 52.2 Å². The van der Waals surface area contributed by atoms with Crippen molar-refractivity contribution >= 4 is 38.4 Å². The number of rotatable bonds is 7. The molecule has 33 heavy (non-hydrogen) atoms. The second-order valence-corrected chi connectivity index (χ2v) is 9.01. The molecular formula is C22H23FN4O5S. The maximum atomic E-state index is 13.9. The summed E-state index contributed by atoms with van der Waals surface area (Å²) in [7, 11) is -2.46. The molecule has 3 rings (SSSR count). The molecule has 174 valence electrons. The first-order valence-corrected chi connectivity index (χ1v) is 11.6. The number of aromatic amines is 1. The molecule has 0 saturated heterocycles. The number of carbonyl (C=O) groups is 2. The molecule has 0 aliphatic carbocycles. The Kier molecular flexibility index (Phi) is 6.94. The van der Waals surface area contributed by atoms with Crippen LogP contribution < -0.4 is 16.2 Å². The van der Waals surface area contributed by atoms with Crippen LogP contribution in [0.2, 0.25) is 0 Å². The van der Waals surface area contributed by atoms with Gasteiger partial charge in [-0.1, -0.05) is 13.8 Å². The number of halogens is 1. The molecule has 0 aliphatic rings. The van der Waals surface area contributed by atoms with Crippen molar-refractivity contribution in [2.24, 2.45) is 0 Å². The van der Waals surface area contributed by atoms with Gasteiger partial charge in [-0.25, -0.2) is 12.8 Å². The topological polar surface area (TPSA) is 128 Å². The lowest BCUT2D eigenvalue weighted by Gasteiger charge is -2.19. The number of hydrogen-bond acceptors (Lipinski definition) is 5. The van der Waals surface area contributed by atoms with Crippen LogP contribution in [0.4, 0.5) is 10.1 Å². The first-order valence-electron chi connectivity index (χ1n) is 10.1. The van der Waals surface area contributed by atoms with Crippen LogP contribution in [0.25, 0.3) is 10.9 Å². The quantitative estimate of drug-likeness (QED) is 0.484. The summed E-state index contributed by atoms with van der Waals surface area (Å²) in [5.41, 5.74) is -0.497. The first kappa shape index (κ1) is 24.1. The molecule has 0 unspecified atom stereocenters. The molecule has 3 aromatic rings. The lowest BCUT2D eigenvalue weighted by atomic mass is 10.1. The number of aromatic nitrogens is 1. The van der Waals surface area contributed by atoms with Crippen LogP contribution in [0.5, 0.6) is 0 Å². The molecule has 11 heteroatoms. The molecule has 1 heterocycles. The minimum absolute atomic E-state index is 0.0246. The Morgan fingerprint density at radius 2 is 1.70 bits per heavy atom. The maximum absolute atomic E-state index is 13.9. The van der Waals surface area contributed by atoms with Crippen LogP contribution in [0, 0.1) is 5.82 Å². The van der Waals surface area contributed by atoms with E-state index in [1.54, 1.807) is 13.8 Å². The van der Waals surface area contributed by atoms with Crippen LogP contribution in [-0.4, -0.2) is 49.7 Å². The number of benzene rings is 2. The van der Waals surface area contributed by atoms with Crippen molar-refractivity contribution in [2.45, 2.75) is 18.7 Å². The number of fused-ring (bicyclic) bond motifs is 1. The summed E-state index contributed by atoms with van der Waals surface area (Å²) in [4.78, 5) is 39.5. The Morgan fingerprint density at radius 1 is 1.00 bits per heavy atom. The average molecular weight is 475 g/mol. The molecule has 1 aromatic heterocycles. The summed E-state index contributed by atoms with van der Waals surface area (Å²) in [6.07, 6.45) is 0. The Labute approximate surface area is 189 Å². The van der Waals surface area contributed by atoms with E-state index in [1.165, 1.54) is 35.6 Å². The number of carbonyl (C=O) groups excluding carboxylic acids is 2. The van der Waals surface area contributed by atoms with Gasteiger partial charge in [-0.15, -0.1) is 0 Å². The van der Waals surface area contributed by atoms with Crippen molar-refractivity contribution in [3.05, 3.63) is 69.8 Å². The number of sulfonamides is 1. The van der Waals surface area contributed by atoms with Gasteiger partial charge in [0.15, 0.2) is 0 Å². The minimum Gasteiger partial charge on any atom is -0.355 e. The second-order valence-electron chi connectivity index (χ2n) is 7.07. The standard InChI is InChI=1S/C22H23FN4O5S/c1-4-27(5-2)33(31,32)14-7-9-19-15(11-14)16(12-20(28)26-19)22(30)25-13-6-8-18(23)17(10-13)21(29)24-3/h6-12H,4-5H2,1-3H3,(H,24,29)(H,25,30)(H,26,28). The number of nitrogens with one attached hydrogen (secondary N) is 3. The summed E-state index contributed by atoms with van der Waals surface area (Å²) >= 11 is 0. The van der Waals surface area contributed by atoms with E-state index in [-0.39, 0.29) is 45.7 Å². The molecule has 0 bridgehead atoms. The van der Waals surface area contributed by atoms with Gasteiger partial charge in [0, 0.05) is 42.8 Å². The third kappa shape index (κ3) is 4.78. The Bertz CT molecular complexity index is 1400. The molecule has 0 atom stereocenters. The van der Waals surface area contributed by atoms with Gasteiger partial charge in [0.05, 0.1) is 16.0 Å². The Morgan fingerprint density at radius 3 is 2.33 bits per heavy atom. The minimum atomic E-state index is -3.80. The largest absolute Gasteiger partial charge is 0.355 e. The molecule has 0 saturated carbocycles.